The summed E-state index contributed by atoms with van der Waals surface area (Å²) in [7, 11) is -3.52. The van der Waals surface area contributed by atoms with Gasteiger partial charge < -0.3 is 0 Å². The second kappa shape index (κ2) is 4.61. The molecule has 80 valence electrons. The molecule has 0 unspecified atom stereocenters. The molecule has 0 saturated carbocycles. The first kappa shape index (κ1) is 12.0. The predicted molar refractivity (Wildman–Crippen MR) is 59.6 cm³/mol. The molecule has 1 rings (SSSR count). The molecule has 0 heterocycles. The third kappa shape index (κ3) is 2.94. The number of hydrogen-bond acceptors (Lipinski definition) is 4. The van der Waals surface area contributed by atoms with Gasteiger partial charge >= 0.3 is 0 Å². The minimum absolute atomic E-state index is 0.317. The topological polar surface area (TPSA) is 81.7 Å². The van der Waals surface area contributed by atoms with Gasteiger partial charge in [0.25, 0.3) is 0 Å². The van der Waals surface area contributed by atoms with Gasteiger partial charge in [-0.15, -0.1) is 0 Å². The number of nitriles is 2. The maximum Gasteiger partial charge on any atom is 0.185 e. The summed E-state index contributed by atoms with van der Waals surface area (Å²) < 4.78 is 22.3. The lowest BCUT2D eigenvalue weighted by molar-refractivity contribution is 0.609. The highest BCUT2D eigenvalue weighted by atomic mass is 32.2. The van der Waals surface area contributed by atoms with Gasteiger partial charge in [0.15, 0.2) is 9.84 Å². The molecule has 0 saturated heterocycles. The quantitative estimate of drug-likeness (QED) is 0.723. The van der Waals surface area contributed by atoms with Gasteiger partial charge in [-0.1, -0.05) is 12.1 Å². The van der Waals surface area contributed by atoms with E-state index in [9.17, 15) is 8.42 Å². The van der Waals surface area contributed by atoms with Crippen LogP contribution in [-0.2, 0) is 9.84 Å². The Bertz CT molecular complexity index is 616. The van der Waals surface area contributed by atoms with E-state index in [2.05, 4.69) is 0 Å². The van der Waals surface area contributed by atoms with Crippen molar-refractivity contribution in [1.82, 2.24) is 0 Å². The summed E-state index contributed by atoms with van der Waals surface area (Å²) in [4.78, 5) is -0.317. The fourth-order valence-electron chi connectivity index (χ4n) is 1.07. The van der Waals surface area contributed by atoms with Crippen LogP contribution in [0.1, 0.15) is 11.1 Å². The summed E-state index contributed by atoms with van der Waals surface area (Å²) in [6, 6.07) is 9.93. The average Bonchev–Trinajstić information content (AvgIpc) is 2.24. The Labute approximate surface area is 94.0 Å². The van der Waals surface area contributed by atoms with Gasteiger partial charge in [-0.25, -0.2) is 8.42 Å². The van der Waals surface area contributed by atoms with Gasteiger partial charge in [0.2, 0.25) is 0 Å². The molecule has 0 radical (unpaired) electrons. The van der Waals surface area contributed by atoms with Crippen LogP contribution in [0.5, 0.6) is 0 Å². The monoisotopic (exact) mass is 232 g/mol. The van der Waals surface area contributed by atoms with E-state index in [-0.39, 0.29) is 4.91 Å². The lowest BCUT2D eigenvalue weighted by atomic mass is 10.1. The van der Waals surface area contributed by atoms with Crippen LogP contribution in [-0.4, -0.2) is 14.7 Å². The molecule has 0 bridgehead atoms. The molecule has 0 aliphatic heterocycles. The van der Waals surface area contributed by atoms with Crippen molar-refractivity contribution in [3.63, 3.8) is 0 Å². The van der Waals surface area contributed by atoms with Crippen molar-refractivity contribution in [2.24, 2.45) is 0 Å². The Kier molecular flexibility index (Phi) is 3.44. The zero-order valence-electron chi connectivity index (χ0n) is 8.51. The molecule has 5 heteroatoms. The molecule has 4 nitrogen and oxygen atoms in total. The predicted octanol–water partition coefficient (Wildman–Crippen LogP) is 1.47. The smallest absolute Gasteiger partial charge is 0.185 e. The molecule has 0 N–H and O–H groups in total. The van der Waals surface area contributed by atoms with E-state index in [4.69, 9.17) is 10.5 Å². The van der Waals surface area contributed by atoms with Crippen LogP contribution in [0.4, 0.5) is 0 Å². The fraction of sp³-hybridized carbons (Fsp3) is 0.0909. The summed E-state index contributed by atoms with van der Waals surface area (Å²) in [5.74, 6) is 0. The van der Waals surface area contributed by atoms with Crippen LogP contribution in [0, 0.1) is 22.7 Å². The van der Waals surface area contributed by atoms with E-state index in [1.807, 2.05) is 6.07 Å². The maximum atomic E-state index is 11.2. The molecule has 0 spiro atoms. The molecular formula is C11H8N2O2S. The van der Waals surface area contributed by atoms with E-state index < -0.39 is 9.84 Å². The highest BCUT2D eigenvalue weighted by Crippen LogP contribution is 2.12. The Morgan fingerprint density at radius 2 is 2.06 bits per heavy atom. The molecule has 0 aliphatic carbocycles. The highest BCUT2D eigenvalue weighted by molar-refractivity contribution is 7.95. The molecule has 0 amide bonds. The van der Waals surface area contributed by atoms with Crippen LogP contribution in [0.15, 0.2) is 29.2 Å². The van der Waals surface area contributed by atoms with Crippen LogP contribution >= 0.6 is 0 Å². The molecule has 1 aromatic carbocycles. The Balaban J connectivity index is 3.28. The third-order valence-electron chi connectivity index (χ3n) is 1.82. The number of hydrogen-bond donors (Lipinski definition) is 0. The van der Waals surface area contributed by atoms with Crippen molar-refractivity contribution in [3.8, 4) is 12.1 Å². The highest BCUT2D eigenvalue weighted by Gasteiger charge is 2.10. The first-order valence-electron chi connectivity index (χ1n) is 4.29. The zero-order valence-corrected chi connectivity index (χ0v) is 9.32. The van der Waals surface area contributed by atoms with E-state index in [1.54, 1.807) is 24.3 Å². The second-order valence-corrected chi connectivity index (χ2v) is 5.11. The van der Waals surface area contributed by atoms with Gasteiger partial charge in [0, 0.05) is 6.26 Å². The van der Waals surface area contributed by atoms with Gasteiger partial charge in [-0.05, 0) is 23.8 Å². The summed E-state index contributed by atoms with van der Waals surface area (Å²) in [5, 5.41) is 17.3. The van der Waals surface area contributed by atoms with Gasteiger partial charge in [0.1, 0.15) is 11.0 Å². The van der Waals surface area contributed by atoms with E-state index >= 15 is 0 Å². The molecule has 0 atom stereocenters. The lowest BCUT2D eigenvalue weighted by Crippen LogP contribution is -1.98. The van der Waals surface area contributed by atoms with E-state index in [0.717, 1.165) is 6.26 Å². The Morgan fingerprint density at radius 1 is 1.38 bits per heavy atom. The lowest BCUT2D eigenvalue weighted by Gasteiger charge is -1.96. The molecule has 0 aromatic heterocycles. The molecule has 16 heavy (non-hydrogen) atoms. The van der Waals surface area contributed by atoms with Crippen LogP contribution in [0.2, 0.25) is 0 Å². The molecular weight excluding hydrogens is 224 g/mol. The van der Waals surface area contributed by atoms with Crippen molar-refractivity contribution in [2.45, 2.75) is 0 Å². The van der Waals surface area contributed by atoms with Crippen LogP contribution < -0.4 is 0 Å². The van der Waals surface area contributed by atoms with Gasteiger partial charge in [-0.2, -0.15) is 10.5 Å². The van der Waals surface area contributed by atoms with Crippen molar-refractivity contribution >= 4 is 15.9 Å². The van der Waals surface area contributed by atoms with E-state index in [0.29, 0.717) is 11.1 Å². The number of nitrogens with zero attached hydrogens (tertiary/aromatic N) is 2. The standard InChI is InChI=1S/C11H8N2O2S/c1-16(14,15)11(8-13)6-9-3-2-4-10(5-9)7-12/h2-6H,1H3. The molecule has 1 aromatic rings. The molecule has 0 fully saturated rings. The minimum Gasteiger partial charge on any atom is -0.223 e. The number of sulfone groups is 1. The van der Waals surface area contributed by atoms with Gasteiger partial charge in [0.05, 0.1) is 11.6 Å². The van der Waals surface area contributed by atoms with Crippen molar-refractivity contribution in [2.75, 3.05) is 6.26 Å². The van der Waals surface area contributed by atoms with E-state index in [1.165, 1.54) is 12.1 Å². The first-order valence-corrected chi connectivity index (χ1v) is 6.18. The third-order valence-corrected chi connectivity index (χ3v) is 2.83. The SMILES string of the molecule is CS(=O)(=O)C(C#N)=Cc1cccc(C#N)c1. The van der Waals surface area contributed by atoms with Crippen LogP contribution in [0.3, 0.4) is 0 Å². The summed E-state index contributed by atoms with van der Waals surface area (Å²) in [6.45, 7) is 0. The Hall–Kier alpha value is -2.11. The fourth-order valence-corrected chi connectivity index (χ4v) is 1.59. The summed E-state index contributed by atoms with van der Waals surface area (Å²) in [5.41, 5.74) is 0.931. The van der Waals surface area contributed by atoms with Crippen molar-refractivity contribution < 1.29 is 8.42 Å². The number of allylic oxidation sites excluding steroid dienone is 1. The average molecular weight is 232 g/mol. The first-order chi connectivity index (χ1) is 7.47. The summed E-state index contributed by atoms with van der Waals surface area (Å²) >= 11 is 0. The second-order valence-electron chi connectivity index (χ2n) is 3.13. The molecule has 0 aliphatic rings. The van der Waals surface area contributed by atoms with Gasteiger partial charge in [-0.3, -0.25) is 0 Å². The van der Waals surface area contributed by atoms with Crippen molar-refractivity contribution in [1.29, 1.82) is 10.5 Å². The zero-order chi connectivity index (χ0) is 12.2. The minimum atomic E-state index is -3.52. The Morgan fingerprint density at radius 3 is 2.56 bits per heavy atom. The normalized spacial score (nSPS) is 11.6. The number of rotatable bonds is 2. The largest absolute Gasteiger partial charge is 0.223 e. The number of benzene rings is 1. The van der Waals surface area contributed by atoms with Crippen LogP contribution in [0.25, 0.3) is 6.08 Å². The summed E-state index contributed by atoms with van der Waals surface area (Å²) in [6.07, 6.45) is 2.21. The maximum absolute atomic E-state index is 11.2. The van der Waals surface area contributed by atoms with Crippen molar-refractivity contribution in [3.05, 3.63) is 40.3 Å².